The lowest BCUT2D eigenvalue weighted by molar-refractivity contribution is 0.0650. The van der Waals surface area contributed by atoms with E-state index in [1.807, 2.05) is 42.3 Å². The second kappa shape index (κ2) is 6.49. The normalized spacial score (nSPS) is 20.2. The molecule has 2 aromatic heterocycles. The van der Waals surface area contributed by atoms with Crippen molar-refractivity contribution in [2.24, 2.45) is 0 Å². The van der Waals surface area contributed by atoms with E-state index < -0.39 is 0 Å². The fourth-order valence-corrected chi connectivity index (χ4v) is 3.62. The molecule has 1 aromatic carbocycles. The van der Waals surface area contributed by atoms with Crippen molar-refractivity contribution in [3.8, 4) is 0 Å². The second-order valence-electron chi connectivity index (χ2n) is 6.77. The van der Waals surface area contributed by atoms with Crippen LogP contribution in [0.5, 0.6) is 0 Å². The molecular formula is C19H22N4O3. The number of methoxy groups -OCH3 is 1. The summed E-state index contributed by atoms with van der Waals surface area (Å²) in [6, 6.07) is 9.42. The molecule has 3 aromatic rings. The Bertz CT molecular complexity index is 945. The fraction of sp³-hybridized carbons (Fsp3) is 0.368. The molecule has 0 aliphatic carbocycles. The highest BCUT2D eigenvalue weighted by atomic mass is 16.5. The van der Waals surface area contributed by atoms with Gasteiger partial charge in [-0.25, -0.2) is 0 Å². The second-order valence-corrected chi connectivity index (χ2v) is 6.77. The molecule has 1 amide bonds. The number of carbonyl (C=O) groups excluding carboxylic acids is 1. The zero-order valence-electron chi connectivity index (χ0n) is 14.9. The van der Waals surface area contributed by atoms with Crippen LogP contribution in [0.4, 0.5) is 5.82 Å². The summed E-state index contributed by atoms with van der Waals surface area (Å²) in [7, 11) is 1.67. The average molecular weight is 354 g/mol. The predicted molar refractivity (Wildman–Crippen MR) is 97.8 cm³/mol. The van der Waals surface area contributed by atoms with Gasteiger partial charge in [0.05, 0.1) is 18.7 Å². The SMILES string of the molecule is CO[C@@H]1C[C@@H](Cn2ccc(N)n2)N(C(=O)c2cc3cccc(C)c3o2)C1. The first-order valence-corrected chi connectivity index (χ1v) is 8.67. The molecule has 2 N–H and O–H groups in total. The number of aromatic nitrogens is 2. The molecule has 4 rings (SSSR count). The number of hydrogen-bond acceptors (Lipinski definition) is 5. The van der Waals surface area contributed by atoms with Crippen molar-refractivity contribution < 1.29 is 13.9 Å². The number of anilines is 1. The van der Waals surface area contributed by atoms with E-state index in [4.69, 9.17) is 14.9 Å². The third-order valence-corrected chi connectivity index (χ3v) is 4.98. The lowest BCUT2D eigenvalue weighted by atomic mass is 10.2. The Balaban J connectivity index is 1.61. The summed E-state index contributed by atoms with van der Waals surface area (Å²) < 4.78 is 13.1. The first-order chi connectivity index (χ1) is 12.5. The van der Waals surface area contributed by atoms with Crippen LogP contribution < -0.4 is 5.73 Å². The summed E-state index contributed by atoms with van der Waals surface area (Å²) in [6.07, 6.45) is 2.58. The summed E-state index contributed by atoms with van der Waals surface area (Å²) in [5, 5.41) is 5.17. The fourth-order valence-electron chi connectivity index (χ4n) is 3.62. The summed E-state index contributed by atoms with van der Waals surface area (Å²) in [5.74, 6) is 0.707. The van der Waals surface area contributed by atoms with Crippen molar-refractivity contribution in [3.05, 3.63) is 47.9 Å². The van der Waals surface area contributed by atoms with Crippen molar-refractivity contribution in [1.29, 1.82) is 0 Å². The third kappa shape index (κ3) is 2.94. The molecular weight excluding hydrogens is 332 g/mol. The highest BCUT2D eigenvalue weighted by Crippen LogP contribution is 2.28. The Hall–Kier alpha value is -2.80. The van der Waals surface area contributed by atoms with Crippen molar-refractivity contribution in [3.63, 3.8) is 0 Å². The van der Waals surface area contributed by atoms with Gasteiger partial charge in [0.15, 0.2) is 5.76 Å². The zero-order chi connectivity index (χ0) is 18.3. The predicted octanol–water partition coefficient (Wildman–Crippen LogP) is 2.45. The van der Waals surface area contributed by atoms with Gasteiger partial charge >= 0.3 is 0 Å². The maximum atomic E-state index is 13.1. The Kier molecular flexibility index (Phi) is 4.16. The average Bonchev–Trinajstić information content (AvgIpc) is 3.33. The summed E-state index contributed by atoms with van der Waals surface area (Å²) in [6.45, 7) is 3.08. The van der Waals surface area contributed by atoms with Gasteiger partial charge in [-0.1, -0.05) is 18.2 Å². The van der Waals surface area contributed by atoms with Gasteiger partial charge < -0.3 is 19.8 Å². The summed E-state index contributed by atoms with van der Waals surface area (Å²) in [5.41, 5.74) is 7.47. The van der Waals surface area contributed by atoms with E-state index in [9.17, 15) is 4.79 Å². The highest BCUT2D eigenvalue weighted by Gasteiger charge is 2.37. The smallest absolute Gasteiger partial charge is 0.290 e. The van der Waals surface area contributed by atoms with Gasteiger partial charge in [0, 0.05) is 25.2 Å². The van der Waals surface area contributed by atoms with Crippen LogP contribution in [0.1, 0.15) is 22.5 Å². The Morgan fingerprint density at radius 3 is 2.96 bits per heavy atom. The van der Waals surface area contributed by atoms with E-state index in [-0.39, 0.29) is 18.1 Å². The zero-order valence-corrected chi connectivity index (χ0v) is 14.9. The number of amides is 1. The number of nitrogens with zero attached hydrogens (tertiary/aromatic N) is 3. The molecule has 0 bridgehead atoms. The van der Waals surface area contributed by atoms with Crippen LogP contribution in [0, 0.1) is 6.92 Å². The van der Waals surface area contributed by atoms with Crippen LogP contribution in [0.15, 0.2) is 40.9 Å². The standard InChI is InChI=1S/C19H22N4O3/c1-12-4-3-5-13-8-16(26-18(12)13)19(24)23-11-15(25-2)9-14(23)10-22-7-6-17(20)21-22/h3-8,14-15H,9-11H2,1-2H3,(H2,20,21)/t14-,15+/m0/s1. The number of nitrogen functional groups attached to an aromatic ring is 1. The van der Waals surface area contributed by atoms with E-state index in [0.717, 1.165) is 23.0 Å². The van der Waals surface area contributed by atoms with Crippen molar-refractivity contribution in [1.82, 2.24) is 14.7 Å². The van der Waals surface area contributed by atoms with Crippen LogP contribution >= 0.6 is 0 Å². The molecule has 7 heteroatoms. The lowest BCUT2D eigenvalue weighted by Gasteiger charge is -2.23. The minimum atomic E-state index is -0.120. The van der Waals surface area contributed by atoms with Gasteiger partial charge in [-0.05, 0) is 31.0 Å². The molecule has 2 atom stereocenters. The molecule has 0 unspecified atom stereocenters. The molecule has 3 heterocycles. The maximum absolute atomic E-state index is 13.1. The number of rotatable bonds is 4. The van der Waals surface area contributed by atoms with E-state index in [1.165, 1.54) is 0 Å². The Morgan fingerprint density at radius 2 is 2.27 bits per heavy atom. The number of furan rings is 1. The van der Waals surface area contributed by atoms with E-state index >= 15 is 0 Å². The minimum absolute atomic E-state index is 0.00275. The van der Waals surface area contributed by atoms with Crippen molar-refractivity contribution >= 4 is 22.7 Å². The van der Waals surface area contributed by atoms with Crippen molar-refractivity contribution in [2.45, 2.75) is 32.0 Å². The van der Waals surface area contributed by atoms with E-state index in [0.29, 0.717) is 24.7 Å². The molecule has 1 aliphatic heterocycles. The van der Waals surface area contributed by atoms with Crippen LogP contribution in [-0.2, 0) is 11.3 Å². The number of nitrogens with two attached hydrogens (primary N) is 1. The molecule has 26 heavy (non-hydrogen) atoms. The summed E-state index contributed by atoms with van der Waals surface area (Å²) in [4.78, 5) is 14.9. The van der Waals surface area contributed by atoms with Crippen LogP contribution in [-0.4, -0.2) is 46.4 Å². The molecule has 0 saturated carbocycles. The lowest BCUT2D eigenvalue weighted by Crippen LogP contribution is -2.38. The molecule has 0 radical (unpaired) electrons. The molecule has 136 valence electrons. The third-order valence-electron chi connectivity index (χ3n) is 4.98. The number of ether oxygens (including phenoxy) is 1. The molecule has 7 nitrogen and oxygen atoms in total. The monoisotopic (exact) mass is 354 g/mol. The Morgan fingerprint density at radius 1 is 1.42 bits per heavy atom. The number of para-hydroxylation sites is 1. The number of carbonyl (C=O) groups is 1. The quantitative estimate of drug-likeness (QED) is 0.778. The number of hydrogen-bond donors (Lipinski definition) is 1. The van der Waals surface area contributed by atoms with Crippen LogP contribution in [0.2, 0.25) is 0 Å². The molecule has 0 spiro atoms. The first kappa shape index (κ1) is 16.7. The topological polar surface area (TPSA) is 86.5 Å². The van der Waals surface area contributed by atoms with Gasteiger partial charge in [0.1, 0.15) is 11.4 Å². The number of benzene rings is 1. The largest absolute Gasteiger partial charge is 0.451 e. The van der Waals surface area contributed by atoms with Gasteiger partial charge in [-0.2, -0.15) is 5.10 Å². The molecule has 1 saturated heterocycles. The molecule has 1 aliphatic rings. The Labute approximate surface area is 151 Å². The summed E-state index contributed by atoms with van der Waals surface area (Å²) >= 11 is 0. The number of aryl methyl sites for hydroxylation is 1. The van der Waals surface area contributed by atoms with E-state index in [1.54, 1.807) is 17.9 Å². The van der Waals surface area contributed by atoms with Gasteiger partial charge in [-0.15, -0.1) is 0 Å². The molecule has 1 fully saturated rings. The van der Waals surface area contributed by atoms with Crippen LogP contribution in [0.3, 0.4) is 0 Å². The highest BCUT2D eigenvalue weighted by molar-refractivity contribution is 5.97. The minimum Gasteiger partial charge on any atom is -0.451 e. The number of fused-ring (bicyclic) bond motifs is 1. The first-order valence-electron chi connectivity index (χ1n) is 8.67. The van der Waals surface area contributed by atoms with Crippen LogP contribution in [0.25, 0.3) is 11.0 Å². The van der Waals surface area contributed by atoms with Crippen molar-refractivity contribution in [2.75, 3.05) is 19.4 Å². The van der Waals surface area contributed by atoms with Gasteiger partial charge in [-0.3, -0.25) is 9.48 Å². The van der Waals surface area contributed by atoms with E-state index in [2.05, 4.69) is 5.10 Å². The van der Waals surface area contributed by atoms with Gasteiger partial charge in [0.2, 0.25) is 0 Å². The maximum Gasteiger partial charge on any atom is 0.290 e. The van der Waals surface area contributed by atoms with Gasteiger partial charge in [0.25, 0.3) is 5.91 Å². The number of likely N-dealkylation sites (tertiary alicyclic amines) is 1.